The lowest BCUT2D eigenvalue weighted by Gasteiger charge is -2.28. The van der Waals surface area contributed by atoms with E-state index in [0.717, 1.165) is 5.69 Å². The first-order valence-electron chi connectivity index (χ1n) is 7.73. The molecule has 2 heterocycles. The van der Waals surface area contributed by atoms with E-state index >= 15 is 0 Å². The van der Waals surface area contributed by atoms with Crippen molar-refractivity contribution in [3.05, 3.63) is 41.6 Å². The molecule has 0 aliphatic carbocycles. The van der Waals surface area contributed by atoms with E-state index in [1.165, 1.54) is 4.31 Å². The fourth-order valence-electron chi connectivity index (χ4n) is 2.73. The Bertz CT molecular complexity index is 858. The zero-order valence-corrected chi connectivity index (χ0v) is 14.9. The van der Waals surface area contributed by atoms with Crippen molar-refractivity contribution in [3.8, 4) is 5.69 Å². The van der Waals surface area contributed by atoms with Gasteiger partial charge >= 0.3 is 0 Å². The Kier molecular flexibility index (Phi) is 5.09. The maximum Gasteiger partial charge on any atom is 0.276 e. The average molecular weight is 384 g/mol. The van der Waals surface area contributed by atoms with Crippen molar-refractivity contribution in [2.45, 2.75) is 12.8 Å². The molecular formula is C15H18ClN5O3S. The first kappa shape index (κ1) is 17.9. The first-order valence-corrected chi connectivity index (χ1v) is 9.61. The molecule has 0 bridgehead atoms. The van der Waals surface area contributed by atoms with Gasteiger partial charge in [-0.15, -0.1) is 0 Å². The van der Waals surface area contributed by atoms with Crippen LogP contribution in [0.2, 0.25) is 5.02 Å². The molecule has 0 saturated carbocycles. The fourth-order valence-corrected chi connectivity index (χ4v) is 3.57. The monoisotopic (exact) mass is 383 g/mol. The minimum Gasteiger partial charge on any atom is -0.309 e. The summed E-state index contributed by atoms with van der Waals surface area (Å²) < 4.78 is 25.4. The number of nitrogens with two attached hydrogens (primary N) is 1. The second-order valence-electron chi connectivity index (χ2n) is 5.83. The van der Waals surface area contributed by atoms with Crippen LogP contribution in [-0.2, 0) is 15.0 Å². The SMILES string of the molecule is NS(=O)(=O)N1CCC(C(=O)Nc2ccn(-c3ccc(Cl)cc3)n2)CC1. The van der Waals surface area contributed by atoms with Crippen molar-refractivity contribution in [2.24, 2.45) is 11.1 Å². The number of carbonyl (C=O) groups excluding carboxylic acids is 1. The normalized spacial score (nSPS) is 16.7. The van der Waals surface area contributed by atoms with Crippen LogP contribution in [0.15, 0.2) is 36.5 Å². The molecule has 3 N–H and O–H groups in total. The number of carbonyl (C=O) groups is 1. The average Bonchev–Trinajstić information content (AvgIpc) is 3.03. The van der Waals surface area contributed by atoms with Crippen molar-refractivity contribution in [1.29, 1.82) is 0 Å². The number of amides is 1. The summed E-state index contributed by atoms with van der Waals surface area (Å²) in [6, 6.07) is 8.87. The van der Waals surface area contributed by atoms with Crippen LogP contribution in [0, 0.1) is 5.92 Å². The number of hydrogen-bond acceptors (Lipinski definition) is 4. The summed E-state index contributed by atoms with van der Waals surface area (Å²) in [6.07, 6.45) is 2.60. The van der Waals surface area contributed by atoms with Gasteiger partial charge in [0.15, 0.2) is 5.82 Å². The molecule has 25 heavy (non-hydrogen) atoms. The largest absolute Gasteiger partial charge is 0.309 e. The molecule has 1 saturated heterocycles. The summed E-state index contributed by atoms with van der Waals surface area (Å²) in [4.78, 5) is 12.3. The van der Waals surface area contributed by atoms with Crippen LogP contribution < -0.4 is 10.5 Å². The minimum absolute atomic E-state index is 0.171. The molecule has 3 rings (SSSR count). The number of halogens is 1. The van der Waals surface area contributed by atoms with Gasteiger partial charge in [-0.25, -0.2) is 9.82 Å². The van der Waals surface area contributed by atoms with Crippen molar-refractivity contribution in [3.63, 3.8) is 0 Å². The second-order valence-corrected chi connectivity index (χ2v) is 7.81. The Morgan fingerprint density at radius 3 is 2.44 bits per heavy atom. The number of piperidine rings is 1. The standard InChI is InChI=1S/C15H18ClN5O3S/c16-12-1-3-13(4-2-12)21-10-7-14(19-21)18-15(22)11-5-8-20(9-6-11)25(17,23)24/h1-4,7,10-11H,5-6,8-9H2,(H2,17,23,24)(H,18,19,22). The smallest absolute Gasteiger partial charge is 0.276 e. The lowest BCUT2D eigenvalue weighted by Crippen LogP contribution is -2.44. The van der Waals surface area contributed by atoms with Crippen LogP contribution >= 0.6 is 11.6 Å². The van der Waals surface area contributed by atoms with Crippen molar-refractivity contribution in [1.82, 2.24) is 14.1 Å². The molecule has 0 unspecified atom stereocenters. The molecule has 0 radical (unpaired) electrons. The molecule has 10 heteroatoms. The van der Waals surface area contributed by atoms with E-state index in [0.29, 0.717) is 23.7 Å². The van der Waals surface area contributed by atoms with Crippen molar-refractivity contribution in [2.75, 3.05) is 18.4 Å². The van der Waals surface area contributed by atoms with Gasteiger partial charge in [-0.05, 0) is 37.1 Å². The zero-order chi connectivity index (χ0) is 18.0. The Morgan fingerprint density at radius 2 is 1.84 bits per heavy atom. The topological polar surface area (TPSA) is 110 Å². The van der Waals surface area contributed by atoms with Crippen molar-refractivity contribution >= 4 is 33.5 Å². The number of hydrogen-bond donors (Lipinski definition) is 2. The van der Waals surface area contributed by atoms with Crippen LogP contribution in [-0.4, -0.2) is 41.5 Å². The highest BCUT2D eigenvalue weighted by Gasteiger charge is 2.29. The Balaban J connectivity index is 1.60. The van der Waals surface area contributed by atoms with Gasteiger partial charge in [-0.1, -0.05) is 11.6 Å². The lowest BCUT2D eigenvalue weighted by atomic mass is 9.97. The molecule has 1 fully saturated rings. The number of anilines is 1. The molecule has 1 aliphatic heterocycles. The third-order valence-electron chi connectivity index (χ3n) is 4.12. The van der Waals surface area contributed by atoms with E-state index < -0.39 is 10.2 Å². The summed E-state index contributed by atoms with van der Waals surface area (Å²) in [5, 5.41) is 12.8. The van der Waals surface area contributed by atoms with Crippen LogP contribution in [0.3, 0.4) is 0 Å². The molecule has 1 aromatic heterocycles. The molecule has 0 atom stereocenters. The summed E-state index contributed by atoms with van der Waals surface area (Å²) in [6.45, 7) is 0.492. The molecule has 2 aromatic rings. The Hall–Kier alpha value is -1.94. The third-order valence-corrected chi connectivity index (χ3v) is 5.45. The molecule has 1 amide bonds. The second kappa shape index (κ2) is 7.12. The predicted octanol–water partition coefficient (Wildman–Crippen LogP) is 1.38. The van der Waals surface area contributed by atoms with Crippen LogP contribution in [0.1, 0.15) is 12.8 Å². The summed E-state index contributed by atoms with van der Waals surface area (Å²) in [7, 11) is -3.69. The molecule has 1 aliphatic rings. The maximum atomic E-state index is 12.3. The van der Waals surface area contributed by atoms with Gasteiger partial charge < -0.3 is 5.32 Å². The molecule has 0 spiro atoms. The number of nitrogens with one attached hydrogen (secondary N) is 1. The fraction of sp³-hybridized carbons (Fsp3) is 0.333. The number of benzene rings is 1. The van der Waals surface area contributed by atoms with Gasteiger partial charge in [0.2, 0.25) is 5.91 Å². The van der Waals surface area contributed by atoms with E-state index in [1.54, 1.807) is 29.1 Å². The Labute approximate surface area is 150 Å². The van der Waals surface area contributed by atoms with Gasteiger partial charge in [0, 0.05) is 36.3 Å². The van der Waals surface area contributed by atoms with Gasteiger partial charge in [-0.3, -0.25) is 4.79 Å². The predicted molar refractivity (Wildman–Crippen MR) is 94.6 cm³/mol. The third kappa shape index (κ3) is 4.37. The highest BCUT2D eigenvalue weighted by atomic mass is 35.5. The van der Waals surface area contributed by atoms with Crippen LogP contribution in [0.25, 0.3) is 5.69 Å². The van der Waals surface area contributed by atoms with Crippen LogP contribution in [0.5, 0.6) is 0 Å². The lowest BCUT2D eigenvalue weighted by molar-refractivity contribution is -0.120. The maximum absolute atomic E-state index is 12.3. The van der Waals surface area contributed by atoms with Gasteiger partial charge in [0.05, 0.1) is 5.69 Å². The van der Waals surface area contributed by atoms with E-state index in [4.69, 9.17) is 16.7 Å². The quantitative estimate of drug-likeness (QED) is 0.830. The molecular weight excluding hydrogens is 366 g/mol. The van der Waals surface area contributed by atoms with E-state index in [9.17, 15) is 13.2 Å². The summed E-state index contributed by atoms with van der Waals surface area (Å²) in [5.41, 5.74) is 0.825. The van der Waals surface area contributed by atoms with E-state index in [1.807, 2.05) is 12.1 Å². The highest BCUT2D eigenvalue weighted by Crippen LogP contribution is 2.20. The summed E-state index contributed by atoms with van der Waals surface area (Å²) in [5.74, 6) is 0.00272. The molecule has 8 nitrogen and oxygen atoms in total. The van der Waals surface area contributed by atoms with E-state index in [2.05, 4.69) is 10.4 Å². The van der Waals surface area contributed by atoms with Gasteiger partial charge in [0.25, 0.3) is 10.2 Å². The minimum atomic E-state index is -3.69. The van der Waals surface area contributed by atoms with E-state index in [-0.39, 0.29) is 24.9 Å². The zero-order valence-electron chi connectivity index (χ0n) is 13.3. The van der Waals surface area contributed by atoms with Crippen LogP contribution in [0.4, 0.5) is 5.82 Å². The highest BCUT2D eigenvalue weighted by molar-refractivity contribution is 7.86. The Morgan fingerprint density at radius 1 is 1.20 bits per heavy atom. The number of nitrogens with zero attached hydrogens (tertiary/aromatic N) is 3. The van der Waals surface area contributed by atoms with Gasteiger partial charge in [-0.2, -0.15) is 17.8 Å². The summed E-state index contributed by atoms with van der Waals surface area (Å²) >= 11 is 5.86. The van der Waals surface area contributed by atoms with Crippen molar-refractivity contribution < 1.29 is 13.2 Å². The van der Waals surface area contributed by atoms with Gasteiger partial charge in [0.1, 0.15) is 0 Å². The number of rotatable bonds is 4. The first-order chi connectivity index (χ1) is 11.8. The molecule has 134 valence electrons. The molecule has 1 aromatic carbocycles. The number of aromatic nitrogens is 2.